The monoisotopic (exact) mass is 679 g/mol. The van der Waals surface area contributed by atoms with Crippen LogP contribution in [0, 0.1) is 23.7 Å². The Morgan fingerprint density at radius 1 is 0.521 bits per heavy atom. The molecule has 0 unspecified atom stereocenters. The second-order valence-corrected chi connectivity index (χ2v) is 15.7. The molecule has 0 aromatic rings. The van der Waals surface area contributed by atoms with Crippen molar-refractivity contribution in [3.8, 4) is 0 Å². The molecule has 0 spiro atoms. The molecule has 0 aromatic carbocycles. The summed E-state index contributed by atoms with van der Waals surface area (Å²) in [7, 11) is 6.30. The lowest BCUT2D eigenvalue weighted by Gasteiger charge is -2.36. The Labute approximate surface area is 284 Å². The van der Waals surface area contributed by atoms with Crippen LogP contribution in [0.5, 0.6) is 0 Å². The molecule has 4 aliphatic heterocycles. The molecule has 4 saturated heterocycles. The van der Waals surface area contributed by atoms with Crippen LogP contribution in [0.2, 0.25) is 0 Å². The number of carbonyl (C=O) groups excluding carboxylic acids is 5. The van der Waals surface area contributed by atoms with Crippen molar-refractivity contribution in [2.24, 2.45) is 29.4 Å². The van der Waals surface area contributed by atoms with Gasteiger partial charge in [0.25, 0.3) is 0 Å². The molecule has 4 aliphatic rings. The molecule has 2 N–H and O–H groups in total. The smallest absolute Gasteiger partial charge is 0.228 e. The lowest BCUT2D eigenvalue weighted by Crippen LogP contribution is -2.51. The normalized spacial score (nSPS) is 36.7. The van der Waals surface area contributed by atoms with Gasteiger partial charge >= 0.3 is 0 Å². The summed E-state index contributed by atoms with van der Waals surface area (Å²) in [6, 6.07) is 0. The minimum absolute atomic E-state index is 0.111. The van der Waals surface area contributed by atoms with Gasteiger partial charge in [0.15, 0.2) is 0 Å². The van der Waals surface area contributed by atoms with E-state index in [2.05, 4.69) is 0 Å². The first kappa shape index (κ1) is 38.0. The molecule has 8 atom stereocenters. The van der Waals surface area contributed by atoms with Gasteiger partial charge in [-0.1, -0.05) is 0 Å². The van der Waals surface area contributed by atoms with E-state index in [-0.39, 0.29) is 69.6 Å². The minimum atomic E-state index is -0.767. The molecule has 0 aliphatic carbocycles. The van der Waals surface area contributed by atoms with E-state index in [4.69, 9.17) is 24.7 Å². The number of ether oxygens (including phenoxy) is 4. The van der Waals surface area contributed by atoms with Crippen molar-refractivity contribution in [3.63, 3.8) is 0 Å². The van der Waals surface area contributed by atoms with Crippen molar-refractivity contribution in [1.82, 2.24) is 19.6 Å². The Balaban J connectivity index is 1.57. The zero-order valence-electron chi connectivity index (χ0n) is 30.3. The molecule has 272 valence electrons. The first-order chi connectivity index (χ1) is 22.4. The average Bonchev–Trinajstić information content (AvgIpc) is 3.73. The molecule has 5 amide bonds. The molecule has 14 nitrogen and oxygen atoms in total. The third-order valence-corrected chi connectivity index (χ3v) is 11.4. The number of methoxy groups -OCH3 is 4. The molecule has 0 aromatic heterocycles. The molecule has 0 bridgehead atoms. The van der Waals surface area contributed by atoms with Gasteiger partial charge in [0.05, 0.1) is 72.3 Å². The number of hydrogen-bond acceptors (Lipinski definition) is 9. The lowest BCUT2D eigenvalue weighted by atomic mass is 9.90. The Morgan fingerprint density at radius 3 is 1.04 bits per heavy atom. The van der Waals surface area contributed by atoms with Crippen molar-refractivity contribution < 1.29 is 42.9 Å². The molecule has 4 fully saturated rings. The van der Waals surface area contributed by atoms with E-state index in [1.165, 1.54) is 6.92 Å². The van der Waals surface area contributed by atoms with Crippen LogP contribution < -0.4 is 5.73 Å². The minimum Gasteiger partial charge on any atom is -0.382 e. The molecule has 0 saturated carbocycles. The van der Waals surface area contributed by atoms with E-state index in [1.807, 2.05) is 27.7 Å². The zero-order valence-corrected chi connectivity index (χ0v) is 30.3. The SMILES string of the molecule is COC[C@]1(C)C[C@H](C(=O)N2C[C@@H](C(=O)N3C[C@@H](C(=O)N4C[C@@H](C(N)=O)C[C@@]4(C)COC)C[C@@]3(C)COC)C[C@@]2(C)COC)CN1C(C)=O. The fourth-order valence-corrected chi connectivity index (χ4v) is 9.30. The number of nitrogens with two attached hydrogens (primary N) is 1. The zero-order chi connectivity index (χ0) is 35.8. The Hall–Kier alpha value is -2.81. The van der Waals surface area contributed by atoms with Crippen LogP contribution in [0.4, 0.5) is 0 Å². The maximum Gasteiger partial charge on any atom is 0.228 e. The fourth-order valence-electron chi connectivity index (χ4n) is 9.30. The quantitative estimate of drug-likeness (QED) is 0.310. The van der Waals surface area contributed by atoms with Gasteiger partial charge in [-0.2, -0.15) is 0 Å². The molecule has 4 heterocycles. The number of amides is 5. The van der Waals surface area contributed by atoms with Gasteiger partial charge in [-0.15, -0.1) is 0 Å². The van der Waals surface area contributed by atoms with Crippen LogP contribution in [0.25, 0.3) is 0 Å². The highest BCUT2D eigenvalue weighted by atomic mass is 16.5. The fraction of sp³-hybridized carbons (Fsp3) is 0.853. The van der Waals surface area contributed by atoms with Crippen molar-refractivity contribution in [3.05, 3.63) is 0 Å². The summed E-state index contributed by atoms with van der Waals surface area (Å²) in [6.07, 6.45) is 1.64. The predicted molar refractivity (Wildman–Crippen MR) is 175 cm³/mol. The molecular weight excluding hydrogens is 622 g/mol. The largest absolute Gasteiger partial charge is 0.382 e. The highest BCUT2D eigenvalue weighted by Gasteiger charge is 2.57. The molecule has 14 heteroatoms. The van der Waals surface area contributed by atoms with Gasteiger partial charge in [0, 0.05) is 61.5 Å². The van der Waals surface area contributed by atoms with Gasteiger partial charge in [-0.05, 0) is 53.4 Å². The molecule has 48 heavy (non-hydrogen) atoms. The first-order valence-electron chi connectivity index (χ1n) is 16.9. The van der Waals surface area contributed by atoms with Crippen LogP contribution in [-0.4, -0.2) is 152 Å². The summed E-state index contributed by atoms with van der Waals surface area (Å²) < 4.78 is 22.1. The second-order valence-electron chi connectivity index (χ2n) is 15.7. The van der Waals surface area contributed by atoms with Gasteiger partial charge in [-0.3, -0.25) is 24.0 Å². The maximum absolute atomic E-state index is 14.5. The van der Waals surface area contributed by atoms with Crippen LogP contribution in [0.15, 0.2) is 0 Å². The Morgan fingerprint density at radius 2 is 0.771 bits per heavy atom. The van der Waals surface area contributed by atoms with Crippen LogP contribution in [0.3, 0.4) is 0 Å². The van der Waals surface area contributed by atoms with Gasteiger partial charge in [0.2, 0.25) is 29.5 Å². The number of carbonyl (C=O) groups is 5. The Kier molecular flexibility index (Phi) is 11.2. The number of likely N-dealkylation sites (tertiary alicyclic amines) is 4. The van der Waals surface area contributed by atoms with Crippen LogP contribution in [0.1, 0.15) is 60.3 Å². The summed E-state index contributed by atoms with van der Waals surface area (Å²) in [5.74, 6) is -2.92. The van der Waals surface area contributed by atoms with Gasteiger partial charge < -0.3 is 44.3 Å². The Bertz CT molecular complexity index is 1270. The highest BCUT2D eigenvalue weighted by Crippen LogP contribution is 2.44. The van der Waals surface area contributed by atoms with E-state index >= 15 is 0 Å². The standard InChI is InChI=1S/C34H57N5O9/c1-22(40)36-15-24(11-31(36,2)18-45-6)28(42)38-17-26(13-33(38,4)20-47-8)30(44)39-16-25(12-34(39,5)21-48-9)29(43)37-14-23(27(35)41)10-32(37,3)19-46-7/h23-26H,10-21H2,1-9H3,(H2,35,41)/t23-,24-,25-,26-,31-,32-,33-,34-/m0/s1. The second kappa shape index (κ2) is 14.2. The van der Waals surface area contributed by atoms with Crippen LogP contribution >= 0.6 is 0 Å². The van der Waals surface area contributed by atoms with E-state index in [0.717, 1.165) is 0 Å². The molecular formula is C34H57N5O9. The number of rotatable bonds is 12. The topological polar surface area (TPSA) is 161 Å². The van der Waals surface area contributed by atoms with Crippen molar-refractivity contribution in [2.75, 3.05) is 81.0 Å². The summed E-state index contributed by atoms with van der Waals surface area (Å²) in [4.78, 5) is 74.6. The summed E-state index contributed by atoms with van der Waals surface area (Å²) in [5.41, 5.74) is 2.83. The van der Waals surface area contributed by atoms with E-state index in [0.29, 0.717) is 32.3 Å². The molecule has 4 rings (SSSR count). The predicted octanol–water partition coefficient (Wildman–Crippen LogP) is 0.506. The third-order valence-electron chi connectivity index (χ3n) is 11.4. The van der Waals surface area contributed by atoms with E-state index in [9.17, 15) is 24.0 Å². The highest BCUT2D eigenvalue weighted by molar-refractivity contribution is 5.88. The maximum atomic E-state index is 14.5. The van der Waals surface area contributed by atoms with Gasteiger partial charge in [0.1, 0.15) is 0 Å². The average molecular weight is 680 g/mol. The first-order valence-corrected chi connectivity index (χ1v) is 16.9. The lowest BCUT2D eigenvalue weighted by molar-refractivity contribution is -0.142. The number of primary amides is 1. The summed E-state index contributed by atoms with van der Waals surface area (Å²) >= 11 is 0. The van der Waals surface area contributed by atoms with E-state index in [1.54, 1.807) is 48.0 Å². The van der Waals surface area contributed by atoms with E-state index < -0.39 is 51.7 Å². The van der Waals surface area contributed by atoms with Crippen LogP contribution in [-0.2, 0) is 42.9 Å². The van der Waals surface area contributed by atoms with Gasteiger partial charge in [-0.25, -0.2) is 0 Å². The summed E-state index contributed by atoms with van der Waals surface area (Å²) in [5, 5.41) is 0. The van der Waals surface area contributed by atoms with Crippen molar-refractivity contribution >= 4 is 29.5 Å². The molecule has 0 radical (unpaired) electrons. The third kappa shape index (κ3) is 6.95. The number of hydrogen-bond donors (Lipinski definition) is 1. The number of nitrogens with zero attached hydrogens (tertiary/aromatic N) is 4. The summed E-state index contributed by atoms with van der Waals surface area (Å²) in [6.45, 7) is 11.1. The van der Waals surface area contributed by atoms with Crippen molar-refractivity contribution in [2.45, 2.75) is 82.5 Å². The van der Waals surface area contributed by atoms with Crippen molar-refractivity contribution in [1.29, 1.82) is 0 Å².